The molecule has 21 heavy (non-hydrogen) atoms. The van der Waals surface area contributed by atoms with E-state index < -0.39 is 59.7 Å². The first-order valence-electron chi connectivity index (χ1n) is 5.62. The number of carboxylic acids is 2. The van der Waals surface area contributed by atoms with Crippen molar-refractivity contribution < 1.29 is 37.8 Å². The Morgan fingerprint density at radius 1 is 1.10 bits per heavy atom. The van der Waals surface area contributed by atoms with Crippen molar-refractivity contribution in [3.63, 3.8) is 0 Å². The van der Waals surface area contributed by atoms with Gasteiger partial charge in [0, 0.05) is 18.6 Å². The van der Waals surface area contributed by atoms with Gasteiger partial charge in [-0.2, -0.15) is 0 Å². The lowest BCUT2D eigenvalue weighted by Gasteiger charge is -2.14. The molecule has 0 heterocycles. The van der Waals surface area contributed by atoms with Gasteiger partial charge in [0.25, 0.3) is 5.91 Å². The number of hydrogen-bond donors (Lipinski definition) is 3. The van der Waals surface area contributed by atoms with E-state index in [4.69, 9.17) is 10.2 Å². The van der Waals surface area contributed by atoms with Crippen molar-refractivity contribution >= 4 is 17.8 Å². The molecule has 3 N–H and O–H groups in total. The van der Waals surface area contributed by atoms with Crippen LogP contribution >= 0.6 is 0 Å². The van der Waals surface area contributed by atoms with E-state index in [0.717, 1.165) is 0 Å². The number of aliphatic carboxylic acids is 2. The van der Waals surface area contributed by atoms with E-state index >= 15 is 0 Å². The highest BCUT2D eigenvalue weighted by molar-refractivity contribution is 5.97. The maximum absolute atomic E-state index is 13.3. The fraction of sp³-hybridized carbons (Fsp3) is 0.250. The number of halogens is 3. The summed E-state index contributed by atoms with van der Waals surface area (Å²) in [6, 6.07) is -1.10. The average Bonchev–Trinajstić information content (AvgIpc) is 2.32. The van der Waals surface area contributed by atoms with E-state index in [9.17, 15) is 27.6 Å². The van der Waals surface area contributed by atoms with Crippen molar-refractivity contribution in [1.82, 2.24) is 5.32 Å². The number of carboxylic acid groups (broad SMARTS) is 2. The lowest BCUT2D eigenvalue weighted by molar-refractivity contribution is -0.140. The summed E-state index contributed by atoms with van der Waals surface area (Å²) in [6.07, 6.45) is -1.04. The first kappa shape index (κ1) is 16.5. The zero-order valence-corrected chi connectivity index (χ0v) is 10.4. The summed E-state index contributed by atoms with van der Waals surface area (Å²) in [5.74, 6) is -8.49. The molecular weight excluding hydrogens is 295 g/mol. The summed E-state index contributed by atoms with van der Waals surface area (Å²) in [7, 11) is 0. The standard InChI is InChI=1S/C12H10F3NO5/c13-5-3-6(14)10(7(15)4-5)11(19)16-8(12(20)21)1-2-9(17)18/h3-4,8H,1-2H2,(H,16,19)(H,17,18)(H,20,21)/t8-/m0/s1. The maximum atomic E-state index is 13.3. The Morgan fingerprint density at radius 3 is 2.05 bits per heavy atom. The van der Waals surface area contributed by atoms with Crippen molar-refractivity contribution in [2.24, 2.45) is 0 Å². The van der Waals surface area contributed by atoms with Gasteiger partial charge in [0.1, 0.15) is 29.1 Å². The van der Waals surface area contributed by atoms with Crippen LogP contribution < -0.4 is 5.32 Å². The van der Waals surface area contributed by atoms with Gasteiger partial charge in [0.15, 0.2) is 0 Å². The fourth-order valence-electron chi connectivity index (χ4n) is 1.51. The minimum Gasteiger partial charge on any atom is -0.481 e. The summed E-state index contributed by atoms with van der Waals surface area (Å²) in [4.78, 5) is 32.8. The molecule has 1 aromatic carbocycles. The molecule has 0 aliphatic carbocycles. The Hall–Kier alpha value is -2.58. The third-order valence-corrected chi connectivity index (χ3v) is 2.48. The second-order valence-corrected chi connectivity index (χ2v) is 4.04. The number of amides is 1. The van der Waals surface area contributed by atoms with Gasteiger partial charge in [-0.05, 0) is 6.42 Å². The Labute approximate surface area is 116 Å². The first-order chi connectivity index (χ1) is 9.72. The van der Waals surface area contributed by atoms with Crippen molar-refractivity contribution in [3.05, 3.63) is 35.1 Å². The van der Waals surface area contributed by atoms with E-state index in [1.807, 2.05) is 0 Å². The molecule has 6 nitrogen and oxygen atoms in total. The van der Waals surface area contributed by atoms with Crippen molar-refractivity contribution in [1.29, 1.82) is 0 Å². The molecule has 0 saturated carbocycles. The van der Waals surface area contributed by atoms with Crippen molar-refractivity contribution in [2.75, 3.05) is 0 Å². The smallest absolute Gasteiger partial charge is 0.326 e. The molecule has 0 aromatic heterocycles. The monoisotopic (exact) mass is 305 g/mol. The molecule has 0 bridgehead atoms. The van der Waals surface area contributed by atoms with Gasteiger partial charge in [-0.1, -0.05) is 0 Å². The van der Waals surface area contributed by atoms with Gasteiger partial charge in [-0.3, -0.25) is 9.59 Å². The number of nitrogens with one attached hydrogen (secondary N) is 1. The van der Waals surface area contributed by atoms with Crippen LogP contribution in [-0.4, -0.2) is 34.1 Å². The van der Waals surface area contributed by atoms with E-state index in [1.165, 1.54) is 0 Å². The van der Waals surface area contributed by atoms with Crippen molar-refractivity contribution in [3.8, 4) is 0 Å². The molecule has 1 rings (SSSR count). The predicted molar refractivity (Wildman–Crippen MR) is 62.1 cm³/mol. The molecule has 1 aromatic rings. The van der Waals surface area contributed by atoms with Gasteiger partial charge >= 0.3 is 11.9 Å². The number of benzene rings is 1. The lowest BCUT2D eigenvalue weighted by atomic mass is 10.1. The van der Waals surface area contributed by atoms with Crippen LogP contribution in [-0.2, 0) is 9.59 Å². The number of rotatable bonds is 6. The molecule has 0 unspecified atom stereocenters. The number of hydrogen-bond acceptors (Lipinski definition) is 3. The Balaban J connectivity index is 2.92. The largest absolute Gasteiger partial charge is 0.481 e. The highest BCUT2D eigenvalue weighted by Gasteiger charge is 2.25. The van der Waals surface area contributed by atoms with Crippen LogP contribution in [0.3, 0.4) is 0 Å². The zero-order chi connectivity index (χ0) is 16.2. The first-order valence-corrected chi connectivity index (χ1v) is 5.62. The van der Waals surface area contributed by atoms with Gasteiger partial charge in [0.2, 0.25) is 0 Å². The van der Waals surface area contributed by atoms with Crippen LogP contribution in [0.2, 0.25) is 0 Å². The van der Waals surface area contributed by atoms with Crippen LogP contribution in [0.25, 0.3) is 0 Å². The topological polar surface area (TPSA) is 104 Å². The highest BCUT2D eigenvalue weighted by Crippen LogP contribution is 2.15. The van der Waals surface area contributed by atoms with E-state index in [1.54, 1.807) is 5.32 Å². The summed E-state index contributed by atoms with van der Waals surface area (Å²) < 4.78 is 39.4. The number of carbonyl (C=O) groups excluding carboxylic acids is 1. The van der Waals surface area contributed by atoms with E-state index in [-0.39, 0.29) is 12.1 Å². The van der Waals surface area contributed by atoms with Crippen LogP contribution in [0.1, 0.15) is 23.2 Å². The molecule has 0 spiro atoms. The summed E-state index contributed by atoms with van der Waals surface area (Å²) in [5, 5.41) is 19.0. The molecule has 1 amide bonds. The molecule has 0 saturated heterocycles. The van der Waals surface area contributed by atoms with Gasteiger partial charge in [-0.25, -0.2) is 18.0 Å². The van der Waals surface area contributed by atoms with Gasteiger partial charge in [-0.15, -0.1) is 0 Å². The normalized spacial score (nSPS) is 11.8. The zero-order valence-electron chi connectivity index (χ0n) is 10.4. The third kappa shape index (κ3) is 4.48. The van der Waals surface area contributed by atoms with Crippen LogP contribution in [0.4, 0.5) is 13.2 Å². The van der Waals surface area contributed by atoms with Crippen LogP contribution in [0.5, 0.6) is 0 Å². The quantitative estimate of drug-likeness (QED) is 0.731. The molecule has 0 radical (unpaired) electrons. The minimum atomic E-state index is -1.64. The van der Waals surface area contributed by atoms with Crippen molar-refractivity contribution in [2.45, 2.75) is 18.9 Å². The van der Waals surface area contributed by atoms with E-state index in [0.29, 0.717) is 0 Å². The molecule has 1 atom stereocenters. The molecule has 0 aliphatic rings. The molecule has 114 valence electrons. The summed E-state index contributed by atoms with van der Waals surface area (Å²) >= 11 is 0. The Bertz CT molecular complexity index is 567. The molecule has 9 heteroatoms. The Kier molecular flexibility index (Phi) is 5.28. The van der Waals surface area contributed by atoms with Crippen LogP contribution in [0.15, 0.2) is 12.1 Å². The average molecular weight is 305 g/mol. The highest BCUT2D eigenvalue weighted by atomic mass is 19.1. The molecule has 0 aliphatic heterocycles. The molecular formula is C12H10F3NO5. The predicted octanol–water partition coefficient (Wildman–Crippen LogP) is 1.15. The van der Waals surface area contributed by atoms with E-state index in [2.05, 4.69) is 0 Å². The second-order valence-electron chi connectivity index (χ2n) is 4.04. The fourth-order valence-corrected chi connectivity index (χ4v) is 1.51. The second kappa shape index (κ2) is 6.73. The number of carbonyl (C=O) groups is 3. The third-order valence-electron chi connectivity index (χ3n) is 2.48. The molecule has 0 fully saturated rings. The van der Waals surface area contributed by atoms with Gasteiger partial charge < -0.3 is 15.5 Å². The van der Waals surface area contributed by atoms with Crippen LogP contribution in [0, 0.1) is 17.5 Å². The SMILES string of the molecule is O=C(O)CC[C@H](NC(=O)c1c(F)cc(F)cc1F)C(=O)O. The maximum Gasteiger partial charge on any atom is 0.326 e. The summed E-state index contributed by atoms with van der Waals surface area (Å²) in [6.45, 7) is 0. The van der Waals surface area contributed by atoms with Gasteiger partial charge in [0.05, 0.1) is 0 Å². The Morgan fingerprint density at radius 2 is 1.62 bits per heavy atom. The lowest BCUT2D eigenvalue weighted by Crippen LogP contribution is -2.41. The minimum absolute atomic E-state index is 0.269. The summed E-state index contributed by atoms with van der Waals surface area (Å²) in [5.41, 5.74) is -1.14.